The zero-order valence-corrected chi connectivity index (χ0v) is 14.0. The quantitative estimate of drug-likeness (QED) is 0.362. The number of esters is 1. The first-order chi connectivity index (χ1) is 12.1. The van der Waals surface area contributed by atoms with E-state index in [0.717, 1.165) is 5.56 Å². The van der Waals surface area contributed by atoms with Crippen LogP contribution in [0.15, 0.2) is 59.5 Å². The van der Waals surface area contributed by atoms with Crippen LogP contribution in [0.25, 0.3) is 0 Å². The lowest BCUT2D eigenvalue weighted by Crippen LogP contribution is -2.23. The molecule has 1 N–H and O–H groups in total. The fourth-order valence-electron chi connectivity index (χ4n) is 1.86. The first kappa shape index (κ1) is 18.2. The highest BCUT2D eigenvalue weighted by molar-refractivity contribution is 7.72. The Morgan fingerprint density at radius 1 is 1.04 bits per heavy atom. The molecule has 2 rings (SSSR count). The Balaban J connectivity index is 1.80. The van der Waals surface area contributed by atoms with Crippen molar-refractivity contribution in [2.75, 3.05) is 6.54 Å². The number of carbonyl (C=O) groups excluding carboxylic acids is 2. The highest BCUT2D eigenvalue weighted by Crippen LogP contribution is 2.06. The second-order valence-corrected chi connectivity index (χ2v) is 5.88. The Hall–Kier alpha value is -3.11. The SMILES string of the molecule is O=C(C#CCNC(=O)c1cccc([SH](=O)=O)c1)OCc1ccccc1. The Bertz CT molecular complexity index is 886. The molecule has 0 aliphatic carbocycles. The molecule has 0 heterocycles. The molecule has 0 atom stereocenters. The topological polar surface area (TPSA) is 89.5 Å². The maximum Gasteiger partial charge on any atom is 0.384 e. The zero-order valence-electron chi connectivity index (χ0n) is 13.1. The molecule has 0 bridgehead atoms. The van der Waals surface area contributed by atoms with E-state index in [2.05, 4.69) is 17.2 Å². The molecule has 128 valence electrons. The molecule has 0 fully saturated rings. The summed E-state index contributed by atoms with van der Waals surface area (Å²) in [6.45, 7) is 0.0634. The number of rotatable bonds is 5. The van der Waals surface area contributed by atoms with Crippen LogP contribution in [0.5, 0.6) is 0 Å². The number of hydrogen-bond acceptors (Lipinski definition) is 5. The largest absolute Gasteiger partial charge is 0.451 e. The van der Waals surface area contributed by atoms with Crippen LogP contribution < -0.4 is 5.32 Å². The van der Waals surface area contributed by atoms with Crippen molar-refractivity contribution in [2.45, 2.75) is 11.5 Å². The van der Waals surface area contributed by atoms with Gasteiger partial charge in [-0.2, -0.15) is 0 Å². The summed E-state index contributed by atoms with van der Waals surface area (Å²) in [6.07, 6.45) is 0. The van der Waals surface area contributed by atoms with E-state index in [-0.39, 0.29) is 23.6 Å². The predicted octanol–water partition coefficient (Wildman–Crippen LogP) is 1.13. The average molecular weight is 357 g/mol. The van der Waals surface area contributed by atoms with Gasteiger partial charge in [0.25, 0.3) is 5.91 Å². The summed E-state index contributed by atoms with van der Waals surface area (Å²) in [7, 11) is -2.75. The van der Waals surface area contributed by atoms with Crippen LogP contribution in [0.2, 0.25) is 0 Å². The molecule has 6 nitrogen and oxygen atoms in total. The van der Waals surface area contributed by atoms with E-state index in [1.165, 1.54) is 24.3 Å². The molecule has 0 aliphatic rings. The second-order valence-electron chi connectivity index (χ2n) is 4.85. The number of benzene rings is 2. The van der Waals surface area contributed by atoms with Gasteiger partial charge in [-0.25, -0.2) is 13.2 Å². The van der Waals surface area contributed by atoms with Crippen molar-refractivity contribution in [2.24, 2.45) is 0 Å². The number of carbonyl (C=O) groups is 2. The summed E-state index contributed by atoms with van der Waals surface area (Å²) in [5, 5.41) is 2.48. The molecule has 2 aromatic rings. The molecule has 0 aliphatic heterocycles. The Labute approximate surface area is 146 Å². The number of thiol groups is 1. The van der Waals surface area contributed by atoms with Gasteiger partial charge in [-0.1, -0.05) is 42.3 Å². The van der Waals surface area contributed by atoms with E-state index >= 15 is 0 Å². The van der Waals surface area contributed by atoms with Gasteiger partial charge in [0.05, 0.1) is 11.4 Å². The van der Waals surface area contributed by atoms with Gasteiger partial charge in [-0.15, -0.1) is 0 Å². The van der Waals surface area contributed by atoms with Gasteiger partial charge in [-0.3, -0.25) is 4.79 Å². The monoisotopic (exact) mass is 357 g/mol. The van der Waals surface area contributed by atoms with E-state index in [1.807, 2.05) is 30.3 Å². The first-order valence-electron chi connectivity index (χ1n) is 7.28. The van der Waals surface area contributed by atoms with Crippen LogP contribution >= 0.6 is 0 Å². The minimum Gasteiger partial charge on any atom is -0.451 e. The summed E-state index contributed by atoms with van der Waals surface area (Å²) in [5.41, 5.74) is 1.05. The summed E-state index contributed by atoms with van der Waals surface area (Å²) in [5.74, 6) is 3.58. The third-order valence-electron chi connectivity index (χ3n) is 3.06. The van der Waals surface area contributed by atoms with Crippen molar-refractivity contribution in [3.63, 3.8) is 0 Å². The van der Waals surface area contributed by atoms with Gasteiger partial charge in [0.1, 0.15) is 6.61 Å². The van der Waals surface area contributed by atoms with Crippen molar-refractivity contribution in [1.82, 2.24) is 5.32 Å². The van der Waals surface area contributed by atoms with Crippen LogP contribution in [0, 0.1) is 11.8 Å². The minimum atomic E-state index is -2.75. The van der Waals surface area contributed by atoms with Gasteiger partial charge in [0.15, 0.2) is 10.7 Å². The summed E-state index contributed by atoms with van der Waals surface area (Å²) >= 11 is 0. The van der Waals surface area contributed by atoms with Gasteiger partial charge in [-0.05, 0) is 23.8 Å². The van der Waals surface area contributed by atoms with Crippen LogP contribution in [-0.4, -0.2) is 26.8 Å². The van der Waals surface area contributed by atoms with Crippen molar-refractivity contribution in [3.8, 4) is 11.8 Å². The lowest BCUT2D eigenvalue weighted by molar-refractivity contribution is -0.137. The molecular weight excluding hydrogens is 342 g/mol. The van der Waals surface area contributed by atoms with Crippen LogP contribution in [-0.2, 0) is 26.8 Å². The highest BCUT2D eigenvalue weighted by atomic mass is 32.2. The molecule has 0 saturated heterocycles. The molecule has 0 saturated carbocycles. The normalized spacial score (nSPS) is 9.80. The van der Waals surface area contributed by atoms with Crippen molar-refractivity contribution < 1.29 is 22.7 Å². The lowest BCUT2D eigenvalue weighted by atomic mass is 10.2. The average Bonchev–Trinajstić information content (AvgIpc) is 2.64. The smallest absolute Gasteiger partial charge is 0.384 e. The maximum absolute atomic E-state index is 11.9. The van der Waals surface area contributed by atoms with Crippen molar-refractivity contribution in [3.05, 3.63) is 65.7 Å². The third-order valence-corrected chi connectivity index (χ3v) is 3.76. The molecule has 2 aromatic carbocycles. The standard InChI is InChI=1S/C18H15NO5S/c20-17(24-13-14-6-2-1-3-7-14)10-5-11-19-18(21)15-8-4-9-16(12-15)25(22)23/h1-4,6-9,12,25H,11,13H2,(H,19,21). The van der Waals surface area contributed by atoms with Crippen LogP contribution in [0.4, 0.5) is 0 Å². The highest BCUT2D eigenvalue weighted by Gasteiger charge is 2.06. The van der Waals surface area contributed by atoms with E-state index in [0.29, 0.717) is 0 Å². The van der Waals surface area contributed by atoms with Crippen molar-refractivity contribution in [1.29, 1.82) is 0 Å². The van der Waals surface area contributed by atoms with Gasteiger partial charge < -0.3 is 10.1 Å². The first-order valence-corrected chi connectivity index (χ1v) is 8.46. The molecule has 0 radical (unpaired) electrons. The van der Waals surface area contributed by atoms with E-state index < -0.39 is 22.6 Å². The molecule has 0 unspecified atom stereocenters. The molecule has 0 aromatic heterocycles. The van der Waals surface area contributed by atoms with Crippen LogP contribution in [0.3, 0.4) is 0 Å². The Kier molecular flexibility index (Phi) is 6.75. The fraction of sp³-hybridized carbons (Fsp3) is 0.111. The second kappa shape index (κ2) is 9.25. The molecule has 25 heavy (non-hydrogen) atoms. The number of hydrogen-bond donors (Lipinski definition) is 2. The molecule has 1 amide bonds. The fourth-order valence-corrected chi connectivity index (χ4v) is 2.32. The van der Waals surface area contributed by atoms with Gasteiger partial charge in [0, 0.05) is 11.5 Å². The minimum absolute atomic E-state index is 0.0539. The number of ether oxygens (including phenoxy) is 1. The van der Waals surface area contributed by atoms with Crippen molar-refractivity contribution >= 4 is 22.6 Å². The predicted molar refractivity (Wildman–Crippen MR) is 91.4 cm³/mol. The maximum atomic E-state index is 11.9. The number of nitrogens with one attached hydrogen (secondary N) is 1. The molecule has 0 spiro atoms. The number of amides is 1. The Morgan fingerprint density at radius 2 is 1.80 bits per heavy atom. The van der Waals surface area contributed by atoms with Gasteiger partial charge >= 0.3 is 5.97 Å². The van der Waals surface area contributed by atoms with Crippen LogP contribution in [0.1, 0.15) is 15.9 Å². The van der Waals surface area contributed by atoms with E-state index in [9.17, 15) is 18.0 Å². The van der Waals surface area contributed by atoms with E-state index in [4.69, 9.17) is 4.74 Å². The molecular formula is C18H15NO5S. The summed E-state index contributed by atoms with van der Waals surface area (Å²) in [4.78, 5) is 23.4. The van der Waals surface area contributed by atoms with Gasteiger partial charge in [0.2, 0.25) is 0 Å². The lowest BCUT2D eigenvalue weighted by Gasteiger charge is -2.02. The zero-order chi connectivity index (χ0) is 18.1. The molecule has 7 heteroatoms. The van der Waals surface area contributed by atoms with E-state index in [1.54, 1.807) is 0 Å². The summed E-state index contributed by atoms with van der Waals surface area (Å²) < 4.78 is 26.8. The third kappa shape index (κ3) is 6.12. The summed E-state index contributed by atoms with van der Waals surface area (Å²) in [6, 6.07) is 14.8. The Morgan fingerprint density at radius 3 is 2.52 bits per heavy atom.